The van der Waals surface area contributed by atoms with Gasteiger partial charge in [-0.15, -0.1) is 21.5 Å². The van der Waals surface area contributed by atoms with Crippen LogP contribution >= 0.6 is 23.1 Å². The van der Waals surface area contributed by atoms with E-state index in [4.69, 9.17) is 4.42 Å². The topological polar surface area (TPSA) is 60.9 Å². The van der Waals surface area contributed by atoms with Crippen LogP contribution < -0.4 is 0 Å². The van der Waals surface area contributed by atoms with Crippen molar-refractivity contribution in [2.24, 2.45) is 0 Å². The van der Waals surface area contributed by atoms with Crippen molar-refractivity contribution in [3.05, 3.63) is 87.2 Å². The molecular formula is C22H21N3O2S2. The van der Waals surface area contributed by atoms with Gasteiger partial charge in [-0.25, -0.2) is 0 Å². The van der Waals surface area contributed by atoms with E-state index in [9.17, 15) is 4.79 Å². The first kappa shape index (κ1) is 19.7. The summed E-state index contributed by atoms with van der Waals surface area (Å²) in [5, 5.41) is 10.7. The number of hydrogen-bond acceptors (Lipinski definition) is 6. The van der Waals surface area contributed by atoms with Crippen LogP contribution in [-0.2, 0) is 13.0 Å². The maximum Gasteiger partial charge on any atom is 0.277 e. The highest BCUT2D eigenvalue weighted by Crippen LogP contribution is 2.23. The standard InChI is InChI=1S/C22H21N3O2S2/c1-15-11-19(16(2)25(15)13-18-9-6-10-28-18)20(26)14-29-22-24-23-21(27-22)12-17-7-4-3-5-8-17/h3-11H,12-14H2,1-2H3. The van der Waals surface area contributed by atoms with Gasteiger partial charge in [0.15, 0.2) is 5.78 Å². The third kappa shape index (κ3) is 4.68. The van der Waals surface area contributed by atoms with Gasteiger partial charge in [0, 0.05) is 21.8 Å². The van der Waals surface area contributed by atoms with Crippen LogP contribution in [0.25, 0.3) is 0 Å². The number of aryl methyl sites for hydroxylation is 1. The number of thiophene rings is 1. The molecule has 0 spiro atoms. The fourth-order valence-electron chi connectivity index (χ4n) is 3.23. The van der Waals surface area contributed by atoms with Gasteiger partial charge in [0.2, 0.25) is 5.89 Å². The Morgan fingerprint density at radius 3 is 2.72 bits per heavy atom. The molecule has 7 heteroatoms. The predicted octanol–water partition coefficient (Wildman–Crippen LogP) is 5.16. The first-order valence-corrected chi connectivity index (χ1v) is 11.2. The molecule has 0 aliphatic carbocycles. The smallest absolute Gasteiger partial charge is 0.277 e. The minimum atomic E-state index is 0.0725. The summed E-state index contributed by atoms with van der Waals surface area (Å²) >= 11 is 3.01. The van der Waals surface area contributed by atoms with Crippen LogP contribution in [0.1, 0.15) is 38.1 Å². The van der Waals surface area contributed by atoms with E-state index in [1.54, 1.807) is 11.3 Å². The molecule has 0 saturated carbocycles. The lowest BCUT2D eigenvalue weighted by Gasteiger charge is -2.08. The number of carbonyl (C=O) groups is 1. The van der Waals surface area contributed by atoms with Crippen LogP contribution in [0, 0.1) is 13.8 Å². The quantitative estimate of drug-likeness (QED) is 0.289. The minimum absolute atomic E-state index is 0.0725. The molecule has 0 saturated heterocycles. The molecule has 1 aromatic carbocycles. The molecule has 3 heterocycles. The maximum absolute atomic E-state index is 12.8. The second-order valence-corrected chi connectivity index (χ2v) is 8.75. The van der Waals surface area contributed by atoms with E-state index in [1.807, 2.05) is 56.3 Å². The van der Waals surface area contributed by atoms with Crippen LogP contribution in [0.15, 0.2) is 63.6 Å². The lowest BCUT2D eigenvalue weighted by atomic mass is 10.2. The molecule has 0 aliphatic rings. The van der Waals surface area contributed by atoms with Crippen molar-refractivity contribution in [1.82, 2.24) is 14.8 Å². The predicted molar refractivity (Wildman–Crippen MR) is 116 cm³/mol. The van der Waals surface area contributed by atoms with E-state index >= 15 is 0 Å². The van der Waals surface area contributed by atoms with Gasteiger partial charge in [-0.05, 0) is 36.9 Å². The van der Waals surface area contributed by atoms with Crippen LogP contribution in [0.2, 0.25) is 0 Å². The fourth-order valence-corrected chi connectivity index (χ4v) is 4.59. The minimum Gasteiger partial charge on any atom is -0.416 e. The van der Waals surface area contributed by atoms with E-state index < -0.39 is 0 Å². The second kappa shape index (κ2) is 8.80. The van der Waals surface area contributed by atoms with E-state index in [1.165, 1.54) is 16.6 Å². The molecule has 0 unspecified atom stereocenters. The fraction of sp³-hybridized carbons (Fsp3) is 0.227. The molecule has 0 fully saturated rings. The van der Waals surface area contributed by atoms with Gasteiger partial charge in [0.1, 0.15) is 0 Å². The SMILES string of the molecule is Cc1cc(C(=O)CSc2nnc(Cc3ccccc3)o2)c(C)n1Cc1cccs1. The van der Waals surface area contributed by atoms with Gasteiger partial charge in [-0.2, -0.15) is 0 Å². The molecule has 0 bridgehead atoms. The highest BCUT2D eigenvalue weighted by atomic mass is 32.2. The molecule has 0 radical (unpaired) electrons. The van der Waals surface area contributed by atoms with Crippen LogP contribution in [0.5, 0.6) is 0 Å². The van der Waals surface area contributed by atoms with Crippen molar-refractivity contribution in [3.63, 3.8) is 0 Å². The zero-order valence-electron chi connectivity index (χ0n) is 16.3. The molecule has 148 valence electrons. The Morgan fingerprint density at radius 1 is 1.14 bits per heavy atom. The van der Waals surface area contributed by atoms with Crippen molar-refractivity contribution >= 4 is 28.9 Å². The number of nitrogens with zero attached hydrogens (tertiary/aromatic N) is 3. The Bertz CT molecular complexity index is 1100. The summed E-state index contributed by atoms with van der Waals surface area (Å²) < 4.78 is 7.88. The maximum atomic E-state index is 12.8. The molecule has 0 amide bonds. The van der Waals surface area contributed by atoms with Gasteiger partial charge in [-0.3, -0.25) is 4.79 Å². The Morgan fingerprint density at radius 2 is 1.97 bits per heavy atom. The summed E-state index contributed by atoms with van der Waals surface area (Å²) in [7, 11) is 0. The molecule has 4 rings (SSSR count). The summed E-state index contributed by atoms with van der Waals surface area (Å²) in [5.41, 5.74) is 3.96. The Kier molecular flexibility index (Phi) is 5.97. The molecule has 3 aromatic heterocycles. The van der Waals surface area contributed by atoms with Gasteiger partial charge < -0.3 is 8.98 Å². The summed E-state index contributed by atoms with van der Waals surface area (Å²) in [6.07, 6.45) is 0.590. The zero-order chi connectivity index (χ0) is 20.2. The molecule has 0 N–H and O–H groups in total. The molecule has 4 aromatic rings. The zero-order valence-corrected chi connectivity index (χ0v) is 17.9. The summed E-state index contributed by atoms with van der Waals surface area (Å²) in [6.45, 7) is 4.84. The monoisotopic (exact) mass is 423 g/mol. The third-order valence-electron chi connectivity index (χ3n) is 4.74. The molecular weight excluding hydrogens is 402 g/mol. The molecule has 0 atom stereocenters. The lowest BCUT2D eigenvalue weighted by Crippen LogP contribution is -2.07. The van der Waals surface area contributed by atoms with Gasteiger partial charge in [-0.1, -0.05) is 48.2 Å². The highest BCUT2D eigenvalue weighted by Gasteiger charge is 2.18. The number of hydrogen-bond donors (Lipinski definition) is 0. The van der Waals surface area contributed by atoms with Crippen LogP contribution in [-0.4, -0.2) is 26.3 Å². The second-order valence-electron chi connectivity index (χ2n) is 6.79. The van der Waals surface area contributed by atoms with Gasteiger partial charge in [0.25, 0.3) is 5.22 Å². The molecule has 29 heavy (non-hydrogen) atoms. The van der Waals surface area contributed by atoms with E-state index in [2.05, 4.69) is 26.2 Å². The van der Waals surface area contributed by atoms with Crippen molar-refractivity contribution in [2.45, 2.75) is 32.0 Å². The van der Waals surface area contributed by atoms with Crippen molar-refractivity contribution in [1.29, 1.82) is 0 Å². The van der Waals surface area contributed by atoms with Crippen LogP contribution in [0.3, 0.4) is 0 Å². The van der Waals surface area contributed by atoms with Gasteiger partial charge in [0.05, 0.1) is 18.7 Å². The largest absolute Gasteiger partial charge is 0.416 e. The first-order chi connectivity index (χ1) is 14.1. The average Bonchev–Trinajstić information content (AvgIpc) is 3.45. The van der Waals surface area contributed by atoms with Crippen molar-refractivity contribution in [3.8, 4) is 0 Å². The Labute approximate surface area is 177 Å². The Balaban J connectivity index is 1.39. The van der Waals surface area contributed by atoms with E-state index in [0.29, 0.717) is 17.5 Å². The number of rotatable bonds is 8. The number of ketones is 1. The van der Waals surface area contributed by atoms with E-state index in [0.717, 1.165) is 29.1 Å². The third-order valence-corrected chi connectivity index (χ3v) is 6.42. The van der Waals surface area contributed by atoms with Crippen molar-refractivity contribution < 1.29 is 9.21 Å². The molecule has 5 nitrogen and oxygen atoms in total. The first-order valence-electron chi connectivity index (χ1n) is 9.31. The summed E-state index contributed by atoms with van der Waals surface area (Å²) in [4.78, 5) is 14.1. The van der Waals surface area contributed by atoms with Crippen LogP contribution in [0.4, 0.5) is 0 Å². The number of thioether (sulfide) groups is 1. The lowest BCUT2D eigenvalue weighted by molar-refractivity contribution is 0.102. The Hall–Kier alpha value is -2.64. The highest BCUT2D eigenvalue weighted by molar-refractivity contribution is 7.99. The summed E-state index contributed by atoms with van der Waals surface area (Å²) in [6, 6.07) is 16.1. The number of benzene rings is 1. The van der Waals surface area contributed by atoms with Gasteiger partial charge >= 0.3 is 0 Å². The number of carbonyl (C=O) groups excluding carboxylic acids is 1. The normalized spacial score (nSPS) is 11.1. The van der Waals surface area contributed by atoms with Crippen molar-refractivity contribution in [2.75, 3.05) is 5.75 Å². The average molecular weight is 424 g/mol. The number of aromatic nitrogens is 3. The summed E-state index contributed by atoms with van der Waals surface area (Å²) in [5.74, 6) is 0.902. The molecule has 0 aliphatic heterocycles. The number of Topliss-reactive ketones (excluding diaryl/α,β-unsaturated/α-hetero) is 1. The van der Waals surface area contributed by atoms with E-state index in [-0.39, 0.29) is 11.5 Å².